The maximum Gasteiger partial charge on any atom is 0.252 e. The molecule has 132 valence electrons. The average Bonchev–Trinajstić information content (AvgIpc) is 2.58. The Kier molecular flexibility index (Phi) is 7.53. The van der Waals surface area contributed by atoms with E-state index in [-0.39, 0.29) is 11.8 Å². The van der Waals surface area contributed by atoms with E-state index in [9.17, 15) is 9.59 Å². The van der Waals surface area contributed by atoms with Crippen molar-refractivity contribution in [1.29, 1.82) is 0 Å². The van der Waals surface area contributed by atoms with Gasteiger partial charge in [0.25, 0.3) is 5.91 Å². The predicted molar refractivity (Wildman–Crippen MR) is 96.3 cm³/mol. The second-order valence-electron chi connectivity index (χ2n) is 6.25. The van der Waals surface area contributed by atoms with Crippen molar-refractivity contribution in [3.8, 4) is 0 Å². The molecule has 2 N–H and O–H groups in total. The van der Waals surface area contributed by atoms with Crippen molar-refractivity contribution in [1.82, 2.24) is 15.5 Å². The van der Waals surface area contributed by atoms with Crippen LogP contribution in [0.25, 0.3) is 0 Å². The first-order chi connectivity index (χ1) is 11.6. The summed E-state index contributed by atoms with van der Waals surface area (Å²) in [7, 11) is 2.13. The lowest BCUT2D eigenvalue weighted by Crippen LogP contribution is -2.38. The van der Waals surface area contributed by atoms with E-state index in [1.54, 1.807) is 24.3 Å². The Morgan fingerprint density at radius 1 is 1.21 bits per heavy atom. The summed E-state index contributed by atoms with van der Waals surface area (Å²) in [5.41, 5.74) is 0.450. The van der Waals surface area contributed by atoms with Crippen LogP contribution in [0, 0.1) is 0 Å². The van der Waals surface area contributed by atoms with Gasteiger partial charge in [-0.3, -0.25) is 9.59 Å². The summed E-state index contributed by atoms with van der Waals surface area (Å²) in [5, 5.41) is 6.04. The molecule has 1 fully saturated rings. The Morgan fingerprint density at radius 3 is 2.71 bits per heavy atom. The number of halogens is 1. The van der Waals surface area contributed by atoms with Crippen molar-refractivity contribution < 1.29 is 9.59 Å². The Bertz CT molecular complexity index is 565. The minimum absolute atomic E-state index is 0.0426. The highest BCUT2D eigenvalue weighted by Crippen LogP contribution is 2.18. The van der Waals surface area contributed by atoms with Crippen molar-refractivity contribution in [2.45, 2.75) is 38.1 Å². The number of carbonyl (C=O) groups is 2. The molecule has 6 heteroatoms. The van der Waals surface area contributed by atoms with Crippen LogP contribution in [0.15, 0.2) is 24.3 Å². The van der Waals surface area contributed by atoms with E-state index >= 15 is 0 Å². The average molecular weight is 352 g/mol. The Balaban J connectivity index is 1.61. The van der Waals surface area contributed by atoms with E-state index in [0.29, 0.717) is 36.1 Å². The molecule has 0 bridgehead atoms. The fourth-order valence-electron chi connectivity index (χ4n) is 3.01. The van der Waals surface area contributed by atoms with Gasteiger partial charge in [-0.1, -0.05) is 30.2 Å². The SMILES string of the molecule is CN1CCCCC1CCC(=O)NCCNC(=O)c1ccccc1Cl. The molecule has 1 unspecified atom stereocenters. The molecule has 1 aliphatic heterocycles. The molecule has 1 aliphatic rings. The van der Waals surface area contributed by atoms with Crippen LogP contribution in [0.2, 0.25) is 5.02 Å². The number of carbonyl (C=O) groups excluding carboxylic acids is 2. The first-order valence-corrected chi connectivity index (χ1v) is 8.95. The van der Waals surface area contributed by atoms with Crippen LogP contribution in [-0.4, -0.2) is 49.4 Å². The molecule has 2 rings (SSSR count). The molecule has 1 saturated heterocycles. The lowest BCUT2D eigenvalue weighted by Gasteiger charge is -2.32. The van der Waals surface area contributed by atoms with Gasteiger partial charge in [0.1, 0.15) is 0 Å². The first kappa shape index (κ1) is 18.7. The summed E-state index contributed by atoms with van der Waals surface area (Å²) >= 11 is 5.97. The zero-order valence-corrected chi connectivity index (χ0v) is 14.9. The second-order valence-corrected chi connectivity index (χ2v) is 6.66. The molecule has 1 atom stereocenters. The van der Waals surface area contributed by atoms with Crippen LogP contribution in [0.5, 0.6) is 0 Å². The van der Waals surface area contributed by atoms with Crippen molar-refractivity contribution in [2.75, 3.05) is 26.7 Å². The van der Waals surface area contributed by atoms with E-state index in [2.05, 4.69) is 22.6 Å². The molecule has 1 aromatic carbocycles. The number of nitrogens with zero attached hydrogens (tertiary/aromatic N) is 1. The fourth-order valence-corrected chi connectivity index (χ4v) is 3.24. The number of nitrogens with one attached hydrogen (secondary N) is 2. The van der Waals surface area contributed by atoms with Crippen molar-refractivity contribution in [3.05, 3.63) is 34.9 Å². The third-order valence-corrected chi connectivity index (χ3v) is 4.81. The Hall–Kier alpha value is -1.59. The minimum atomic E-state index is -0.223. The highest BCUT2D eigenvalue weighted by molar-refractivity contribution is 6.33. The third kappa shape index (κ3) is 5.80. The number of likely N-dealkylation sites (tertiary alicyclic amines) is 1. The van der Waals surface area contributed by atoms with Gasteiger partial charge in [0.05, 0.1) is 10.6 Å². The van der Waals surface area contributed by atoms with Gasteiger partial charge in [-0.05, 0) is 45.0 Å². The highest BCUT2D eigenvalue weighted by Gasteiger charge is 2.19. The molecule has 24 heavy (non-hydrogen) atoms. The van der Waals surface area contributed by atoms with Crippen LogP contribution in [0.1, 0.15) is 42.5 Å². The maximum absolute atomic E-state index is 12.0. The van der Waals surface area contributed by atoms with Crippen LogP contribution >= 0.6 is 11.6 Å². The van der Waals surface area contributed by atoms with Gasteiger partial charge >= 0.3 is 0 Å². The summed E-state index contributed by atoms with van der Waals surface area (Å²) in [6.07, 6.45) is 5.12. The standard InChI is InChI=1S/C18H26ClN3O2/c1-22-13-5-4-6-14(22)9-10-17(23)20-11-12-21-18(24)15-7-2-3-8-16(15)19/h2-3,7-8,14H,4-6,9-13H2,1H3,(H,20,23)(H,21,24). The van der Waals surface area contributed by atoms with Gasteiger partial charge in [-0.25, -0.2) is 0 Å². The molecule has 5 nitrogen and oxygen atoms in total. The molecule has 0 radical (unpaired) electrons. The Labute approximate surface area is 148 Å². The van der Waals surface area contributed by atoms with Crippen molar-refractivity contribution in [2.24, 2.45) is 0 Å². The number of piperidine rings is 1. The van der Waals surface area contributed by atoms with Crippen molar-refractivity contribution >= 4 is 23.4 Å². The summed E-state index contributed by atoms with van der Waals surface area (Å²) in [4.78, 5) is 26.2. The lowest BCUT2D eigenvalue weighted by molar-refractivity contribution is -0.121. The van der Waals surface area contributed by atoms with Crippen LogP contribution < -0.4 is 10.6 Å². The van der Waals surface area contributed by atoms with Gasteiger partial charge in [0.2, 0.25) is 5.91 Å². The van der Waals surface area contributed by atoms with Gasteiger partial charge in [-0.15, -0.1) is 0 Å². The van der Waals surface area contributed by atoms with Crippen LogP contribution in [0.4, 0.5) is 0 Å². The quantitative estimate of drug-likeness (QED) is 0.742. The third-order valence-electron chi connectivity index (χ3n) is 4.48. The van der Waals surface area contributed by atoms with Gasteiger partial charge < -0.3 is 15.5 Å². The second kappa shape index (κ2) is 9.64. The smallest absolute Gasteiger partial charge is 0.252 e. The molecule has 1 heterocycles. The number of hydrogen-bond donors (Lipinski definition) is 2. The zero-order chi connectivity index (χ0) is 17.4. The summed E-state index contributed by atoms with van der Waals surface area (Å²) in [6.45, 7) is 1.94. The van der Waals surface area contributed by atoms with E-state index < -0.39 is 0 Å². The largest absolute Gasteiger partial charge is 0.354 e. The predicted octanol–water partition coefficient (Wildman–Crippen LogP) is 2.45. The molecule has 0 aromatic heterocycles. The van der Waals surface area contributed by atoms with Crippen molar-refractivity contribution in [3.63, 3.8) is 0 Å². The van der Waals surface area contributed by atoms with Gasteiger partial charge in [0.15, 0.2) is 0 Å². The van der Waals surface area contributed by atoms with E-state index in [1.165, 1.54) is 19.3 Å². The summed E-state index contributed by atoms with van der Waals surface area (Å²) < 4.78 is 0. The monoisotopic (exact) mass is 351 g/mol. The number of rotatable bonds is 7. The zero-order valence-electron chi connectivity index (χ0n) is 14.2. The van der Waals surface area contributed by atoms with Gasteiger partial charge in [0, 0.05) is 25.6 Å². The number of hydrogen-bond acceptors (Lipinski definition) is 3. The molecule has 0 aliphatic carbocycles. The molecule has 0 spiro atoms. The van der Waals surface area contributed by atoms with E-state index in [0.717, 1.165) is 13.0 Å². The Morgan fingerprint density at radius 2 is 1.96 bits per heavy atom. The van der Waals surface area contributed by atoms with Gasteiger partial charge in [-0.2, -0.15) is 0 Å². The number of amides is 2. The maximum atomic E-state index is 12.0. The topological polar surface area (TPSA) is 61.4 Å². The lowest BCUT2D eigenvalue weighted by atomic mass is 9.98. The first-order valence-electron chi connectivity index (χ1n) is 8.57. The highest BCUT2D eigenvalue weighted by atomic mass is 35.5. The molecular formula is C18H26ClN3O2. The van der Waals surface area contributed by atoms with E-state index in [1.807, 2.05) is 0 Å². The summed E-state index contributed by atoms with van der Waals surface area (Å²) in [6, 6.07) is 7.43. The normalized spacial score (nSPS) is 18.2. The molecule has 0 saturated carbocycles. The van der Waals surface area contributed by atoms with Crippen LogP contribution in [0.3, 0.4) is 0 Å². The summed E-state index contributed by atoms with van der Waals surface area (Å²) in [5.74, 6) is -0.181. The molecule has 2 amide bonds. The minimum Gasteiger partial charge on any atom is -0.354 e. The molecule has 1 aromatic rings. The fraction of sp³-hybridized carbons (Fsp3) is 0.556. The van der Waals surface area contributed by atoms with E-state index in [4.69, 9.17) is 11.6 Å². The molecular weight excluding hydrogens is 326 g/mol. The number of benzene rings is 1. The van der Waals surface area contributed by atoms with Crippen LogP contribution in [-0.2, 0) is 4.79 Å².